The number of rotatable bonds is 3. The summed E-state index contributed by atoms with van der Waals surface area (Å²) in [6.45, 7) is 5.42. The number of amides is 1. The molecule has 0 saturated carbocycles. The molecule has 1 heterocycles. The zero-order chi connectivity index (χ0) is 15.6. The lowest BCUT2D eigenvalue weighted by Crippen LogP contribution is -2.50. The minimum absolute atomic E-state index is 0.00120. The van der Waals surface area contributed by atoms with Crippen molar-refractivity contribution >= 4 is 23.0 Å². The van der Waals surface area contributed by atoms with Crippen LogP contribution in [0.1, 0.15) is 13.8 Å². The Morgan fingerprint density at radius 2 is 1.82 bits per heavy atom. The zero-order valence-corrected chi connectivity index (χ0v) is 13.0. The van der Waals surface area contributed by atoms with E-state index in [9.17, 15) is 4.79 Å². The fourth-order valence-corrected chi connectivity index (χ4v) is 2.86. The van der Waals surface area contributed by atoms with Gasteiger partial charge in [0.05, 0.1) is 17.9 Å². The van der Waals surface area contributed by atoms with Crippen LogP contribution in [0.15, 0.2) is 54.6 Å². The van der Waals surface area contributed by atoms with Crippen LogP contribution in [-0.4, -0.2) is 24.5 Å². The minimum atomic E-state index is -0.0681. The summed E-state index contributed by atoms with van der Waals surface area (Å²) in [5.41, 5.74) is 2.91. The van der Waals surface area contributed by atoms with Crippen molar-refractivity contribution in [3.8, 4) is 0 Å². The molecule has 1 aliphatic heterocycles. The maximum atomic E-state index is 12.3. The Bertz CT molecular complexity index is 667. The van der Waals surface area contributed by atoms with Crippen LogP contribution in [0.3, 0.4) is 0 Å². The van der Waals surface area contributed by atoms with Crippen LogP contribution in [-0.2, 0) is 4.79 Å². The first-order chi connectivity index (χ1) is 10.5. The van der Waals surface area contributed by atoms with Crippen molar-refractivity contribution in [2.75, 3.05) is 28.6 Å². The summed E-state index contributed by atoms with van der Waals surface area (Å²) in [4.78, 5) is 14.5. The van der Waals surface area contributed by atoms with Gasteiger partial charge in [-0.1, -0.05) is 30.3 Å². The second-order valence-corrected chi connectivity index (χ2v) is 6.30. The second kappa shape index (κ2) is 5.72. The van der Waals surface area contributed by atoms with Gasteiger partial charge in [0.1, 0.15) is 0 Å². The average molecular weight is 295 g/mol. The molecule has 0 saturated heterocycles. The summed E-state index contributed by atoms with van der Waals surface area (Å²) in [5, 5.41) is 6.46. The van der Waals surface area contributed by atoms with Gasteiger partial charge in [-0.3, -0.25) is 4.79 Å². The summed E-state index contributed by atoms with van der Waals surface area (Å²) >= 11 is 0. The van der Waals surface area contributed by atoms with Crippen molar-refractivity contribution in [2.45, 2.75) is 19.4 Å². The van der Waals surface area contributed by atoms with Gasteiger partial charge in [-0.05, 0) is 38.1 Å². The Labute approximate surface area is 131 Å². The molecule has 0 atom stereocenters. The van der Waals surface area contributed by atoms with Gasteiger partial charge < -0.3 is 15.5 Å². The lowest BCUT2D eigenvalue weighted by Gasteiger charge is -2.41. The molecule has 0 fully saturated rings. The fraction of sp³-hybridized carbons (Fsp3) is 0.278. The van der Waals surface area contributed by atoms with Gasteiger partial charge in [-0.25, -0.2) is 0 Å². The molecule has 0 aliphatic carbocycles. The quantitative estimate of drug-likeness (QED) is 0.913. The van der Waals surface area contributed by atoms with Crippen LogP contribution in [0.25, 0.3) is 0 Å². The smallest absolute Gasteiger partial charge is 0.243 e. The highest BCUT2D eigenvalue weighted by atomic mass is 16.2. The van der Waals surface area contributed by atoms with Gasteiger partial charge in [0.15, 0.2) is 0 Å². The Kier molecular flexibility index (Phi) is 3.75. The number of carbonyl (C=O) groups is 1. The van der Waals surface area contributed by atoms with E-state index in [0.29, 0.717) is 6.54 Å². The third kappa shape index (κ3) is 3.22. The molecule has 0 bridgehead atoms. The SMILES string of the molecule is CC1(C)CN(CC(=O)Nc2ccccc2)c2ccccc2N1. The zero-order valence-electron chi connectivity index (χ0n) is 13.0. The average Bonchev–Trinajstić information content (AvgIpc) is 2.47. The summed E-state index contributed by atoms with van der Waals surface area (Å²) in [5.74, 6) is -0.00120. The van der Waals surface area contributed by atoms with Crippen molar-refractivity contribution in [3.05, 3.63) is 54.6 Å². The summed E-state index contributed by atoms with van der Waals surface area (Å²) in [6.07, 6.45) is 0. The molecule has 2 aromatic rings. The van der Waals surface area contributed by atoms with Crippen LogP contribution in [0.4, 0.5) is 17.1 Å². The first-order valence-electron chi connectivity index (χ1n) is 7.51. The number of nitrogens with zero attached hydrogens (tertiary/aromatic N) is 1. The molecule has 114 valence electrons. The lowest BCUT2D eigenvalue weighted by atomic mass is 9.99. The van der Waals surface area contributed by atoms with Crippen LogP contribution >= 0.6 is 0 Å². The van der Waals surface area contributed by atoms with Gasteiger partial charge in [0, 0.05) is 17.8 Å². The van der Waals surface area contributed by atoms with Crippen molar-refractivity contribution < 1.29 is 4.79 Å². The van der Waals surface area contributed by atoms with E-state index in [0.717, 1.165) is 23.6 Å². The molecule has 0 spiro atoms. The standard InChI is InChI=1S/C18H21N3O/c1-18(2)13-21(16-11-7-6-10-15(16)20-18)12-17(22)19-14-8-4-3-5-9-14/h3-11,20H,12-13H2,1-2H3,(H,19,22). The summed E-state index contributed by atoms with van der Waals surface area (Å²) in [6, 6.07) is 17.7. The van der Waals surface area contributed by atoms with Gasteiger partial charge in [0.2, 0.25) is 5.91 Å². The molecule has 0 aromatic heterocycles. The van der Waals surface area contributed by atoms with E-state index < -0.39 is 0 Å². The Balaban J connectivity index is 1.75. The molecule has 1 amide bonds. The number of hydrogen-bond donors (Lipinski definition) is 2. The third-order valence-corrected chi connectivity index (χ3v) is 3.70. The van der Waals surface area contributed by atoms with Crippen molar-refractivity contribution in [1.82, 2.24) is 0 Å². The lowest BCUT2D eigenvalue weighted by molar-refractivity contribution is -0.115. The van der Waals surface area contributed by atoms with E-state index in [1.54, 1.807) is 0 Å². The molecule has 4 heteroatoms. The highest BCUT2D eigenvalue weighted by Crippen LogP contribution is 2.33. The van der Waals surface area contributed by atoms with Gasteiger partial charge in [-0.15, -0.1) is 0 Å². The molecule has 1 aliphatic rings. The van der Waals surface area contributed by atoms with Crippen molar-refractivity contribution in [1.29, 1.82) is 0 Å². The molecule has 0 radical (unpaired) electrons. The fourth-order valence-electron chi connectivity index (χ4n) is 2.86. The molecular formula is C18H21N3O. The van der Waals surface area contributed by atoms with Gasteiger partial charge in [-0.2, -0.15) is 0 Å². The normalized spacial score (nSPS) is 15.6. The second-order valence-electron chi connectivity index (χ2n) is 6.30. The molecule has 0 unspecified atom stereocenters. The van der Waals surface area contributed by atoms with E-state index in [1.807, 2.05) is 48.5 Å². The molecule has 22 heavy (non-hydrogen) atoms. The minimum Gasteiger partial charge on any atom is -0.377 e. The van der Waals surface area contributed by atoms with E-state index in [1.165, 1.54) is 0 Å². The predicted molar refractivity (Wildman–Crippen MR) is 91.4 cm³/mol. The largest absolute Gasteiger partial charge is 0.377 e. The van der Waals surface area contributed by atoms with E-state index in [-0.39, 0.29) is 11.4 Å². The van der Waals surface area contributed by atoms with Crippen LogP contribution < -0.4 is 15.5 Å². The molecule has 2 N–H and O–H groups in total. The Morgan fingerprint density at radius 3 is 2.59 bits per heavy atom. The van der Waals surface area contributed by atoms with E-state index in [2.05, 4.69) is 35.4 Å². The van der Waals surface area contributed by atoms with Crippen LogP contribution in [0.2, 0.25) is 0 Å². The van der Waals surface area contributed by atoms with Gasteiger partial charge in [0.25, 0.3) is 0 Å². The number of anilines is 3. The molecule has 3 rings (SSSR count). The highest BCUT2D eigenvalue weighted by molar-refractivity contribution is 5.95. The highest BCUT2D eigenvalue weighted by Gasteiger charge is 2.30. The number of nitrogens with one attached hydrogen (secondary N) is 2. The number of hydrogen-bond acceptors (Lipinski definition) is 3. The number of benzene rings is 2. The molecular weight excluding hydrogens is 274 g/mol. The van der Waals surface area contributed by atoms with Crippen LogP contribution in [0, 0.1) is 0 Å². The topological polar surface area (TPSA) is 44.4 Å². The Morgan fingerprint density at radius 1 is 1.14 bits per heavy atom. The number of para-hydroxylation sites is 3. The van der Waals surface area contributed by atoms with Gasteiger partial charge >= 0.3 is 0 Å². The van der Waals surface area contributed by atoms with E-state index >= 15 is 0 Å². The van der Waals surface area contributed by atoms with Crippen molar-refractivity contribution in [2.24, 2.45) is 0 Å². The monoisotopic (exact) mass is 295 g/mol. The molecule has 2 aromatic carbocycles. The van der Waals surface area contributed by atoms with E-state index in [4.69, 9.17) is 0 Å². The summed E-state index contributed by atoms with van der Waals surface area (Å²) < 4.78 is 0. The maximum Gasteiger partial charge on any atom is 0.243 e. The number of fused-ring (bicyclic) bond motifs is 1. The predicted octanol–water partition coefficient (Wildman–Crippen LogP) is 3.34. The van der Waals surface area contributed by atoms with Crippen LogP contribution in [0.5, 0.6) is 0 Å². The maximum absolute atomic E-state index is 12.3. The summed E-state index contributed by atoms with van der Waals surface area (Å²) in [7, 11) is 0. The Hall–Kier alpha value is -2.49. The molecule has 4 nitrogen and oxygen atoms in total. The third-order valence-electron chi connectivity index (χ3n) is 3.70. The number of carbonyl (C=O) groups excluding carboxylic acids is 1. The first-order valence-corrected chi connectivity index (χ1v) is 7.51. The van der Waals surface area contributed by atoms with Crippen molar-refractivity contribution in [3.63, 3.8) is 0 Å². The first kappa shape index (κ1) is 14.4.